The maximum absolute atomic E-state index is 5.90. The molecule has 0 radical (unpaired) electrons. The Kier molecular flexibility index (Phi) is 2.43. The Morgan fingerprint density at radius 3 is 2.44 bits per heavy atom. The van der Waals surface area contributed by atoms with Gasteiger partial charge in [-0.05, 0) is 49.7 Å². The summed E-state index contributed by atoms with van der Waals surface area (Å²) in [5, 5.41) is 3.99. The van der Waals surface area contributed by atoms with Gasteiger partial charge in [-0.1, -0.05) is 11.6 Å². The summed E-state index contributed by atoms with van der Waals surface area (Å²) in [6, 6.07) is 4.10. The Bertz CT molecular complexity index is 387. The van der Waals surface area contributed by atoms with Crippen LogP contribution < -0.4 is 11.1 Å². The highest BCUT2D eigenvalue weighted by molar-refractivity contribution is 6.29. The van der Waals surface area contributed by atoms with Crippen LogP contribution in [0.15, 0.2) is 12.1 Å². The number of nitrogens with one attached hydrogen (secondary N) is 1. The average Bonchev–Trinajstić information content (AvgIpc) is 3.13. The van der Waals surface area contributed by atoms with Crippen molar-refractivity contribution in [3.63, 3.8) is 0 Å². The molecule has 0 amide bonds. The molecule has 1 aromatic rings. The molecule has 2 aliphatic rings. The number of rotatable bonds is 4. The smallest absolute Gasteiger partial charge is 0.151 e. The van der Waals surface area contributed by atoms with E-state index in [-0.39, 0.29) is 0 Å². The first-order valence-electron chi connectivity index (χ1n) is 5.92. The molecule has 2 aliphatic carbocycles. The topological polar surface area (TPSA) is 50.9 Å². The van der Waals surface area contributed by atoms with Gasteiger partial charge in [-0.2, -0.15) is 0 Å². The highest BCUT2D eigenvalue weighted by atomic mass is 35.5. The van der Waals surface area contributed by atoms with Gasteiger partial charge in [0.2, 0.25) is 0 Å². The molecule has 0 aromatic carbocycles. The molecule has 3 nitrogen and oxygen atoms in total. The molecule has 0 atom stereocenters. The minimum Gasteiger partial charge on any atom is -0.396 e. The predicted octanol–water partition coefficient (Wildman–Crippen LogP) is 2.92. The first-order chi connectivity index (χ1) is 7.74. The number of aromatic nitrogens is 1. The third-order valence-electron chi connectivity index (χ3n) is 3.46. The molecule has 1 heterocycles. The number of halogens is 1. The minimum absolute atomic E-state index is 0.502. The summed E-state index contributed by atoms with van der Waals surface area (Å²) in [5.41, 5.74) is 6.59. The van der Waals surface area contributed by atoms with Gasteiger partial charge in [-0.15, -0.1) is 0 Å². The lowest BCUT2D eigenvalue weighted by atomic mass is 10.1. The van der Waals surface area contributed by atoms with E-state index >= 15 is 0 Å². The standard InChI is InChI=1S/C12H16ClN3/c13-10-6-5-9(14)12(15-10)16-11(7-1-2-7)8-3-4-8/h5-8,11H,1-4,14H2,(H,15,16). The second-order valence-corrected chi connectivity index (χ2v) is 5.30. The number of hydrogen-bond donors (Lipinski definition) is 2. The second-order valence-electron chi connectivity index (χ2n) is 4.92. The summed E-state index contributed by atoms with van der Waals surface area (Å²) in [7, 11) is 0. The summed E-state index contributed by atoms with van der Waals surface area (Å²) < 4.78 is 0. The van der Waals surface area contributed by atoms with Gasteiger partial charge in [-0.3, -0.25) is 0 Å². The van der Waals surface area contributed by atoms with Gasteiger partial charge >= 0.3 is 0 Å². The van der Waals surface area contributed by atoms with Gasteiger partial charge in [0.05, 0.1) is 5.69 Å². The number of nitrogen functional groups attached to an aromatic ring is 1. The largest absolute Gasteiger partial charge is 0.396 e. The SMILES string of the molecule is Nc1ccc(Cl)nc1NC(C1CC1)C1CC1. The molecule has 86 valence electrons. The van der Waals surface area contributed by atoms with Crippen molar-refractivity contribution in [2.75, 3.05) is 11.1 Å². The van der Waals surface area contributed by atoms with E-state index in [1.54, 1.807) is 6.07 Å². The molecule has 3 rings (SSSR count). The Labute approximate surface area is 100 Å². The normalized spacial score (nSPS) is 20.1. The lowest BCUT2D eigenvalue weighted by Gasteiger charge is -2.19. The van der Waals surface area contributed by atoms with Crippen LogP contribution in [0.1, 0.15) is 25.7 Å². The molecule has 16 heavy (non-hydrogen) atoms. The van der Waals surface area contributed by atoms with E-state index in [1.807, 2.05) is 6.07 Å². The summed E-state index contributed by atoms with van der Waals surface area (Å²) in [6.07, 6.45) is 5.37. The van der Waals surface area contributed by atoms with Crippen molar-refractivity contribution in [2.45, 2.75) is 31.7 Å². The van der Waals surface area contributed by atoms with Gasteiger partial charge in [0.15, 0.2) is 5.82 Å². The molecule has 0 unspecified atom stereocenters. The van der Waals surface area contributed by atoms with Crippen LogP contribution in [0, 0.1) is 11.8 Å². The summed E-state index contributed by atoms with van der Waals surface area (Å²) in [5.74, 6) is 2.41. The van der Waals surface area contributed by atoms with Crippen molar-refractivity contribution >= 4 is 23.1 Å². The molecule has 0 aliphatic heterocycles. The number of hydrogen-bond acceptors (Lipinski definition) is 3. The van der Waals surface area contributed by atoms with Gasteiger partial charge in [0, 0.05) is 6.04 Å². The monoisotopic (exact) mass is 237 g/mol. The van der Waals surface area contributed by atoms with Crippen LogP contribution >= 0.6 is 11.6 Å². The van der Waals surface area contributed by atoms with E-state index in [4.69, 9.17) is 17.3 Å². The van der Waals surface area contributed by atoms with Crippen molar-refractivity contribution in [1.29, 1.82) is 0 Å². The van der Waals surface area contributed by atoms with Crippen LogP contribution in [-0.4, -0.2) is 11.0 Å². The van der Waals surface area contributed by atoms with Crippen LogP contribution in [0.4, 0.5) is 11.5 Å². The van der Waals surface area contributed by atoms with E-state index in [2.05, 4.69) is 10.3 Å². The first kappa shape index (κ1) is 10.2. The molecule has 0 saturated heterocycles. The third kappa shape index (κ3) is 2.09. The van der Waals surface area contributed by atoms with E-state index < -0.39 is 0 Å². The van der Waals surface area contributed by atoms with E-state index in [0.29, 0.717) is 16.9 Å². The fraction of sp³-hybridized carbons (Fsp3) is 0.583. The molecule has 4 heteroatoms. The zero-order valence-corrected chi connectivity index (χ0v) is 9.87. The van der Waals surface area contributed by atoms with Gasteiger partial charge < -0.3 is 11.1 Å². The lowest BCUT2D eigenvalue weighted by molar-refractivity contribution is 0.566. The quantitative estimate of drug-likeness (QED) is 0.792. The third-order valence-corrected chi connectivity index (χ3v) is 3.67. The summed E-state index contributed by atoms with van der Waals surface area (Å²) in [6.45, 7) is 0. The lowest BCUT2D eigenvalue weighted by Crippen LogP contribution is -2.25. The molecule has 2 saturated carbocycles. The molecule has 1 aromatic heterocycles. The van der Waals surface area contributed by atoms with Crippen LogP contribution in [0.2, 0.25) is 5.15 Å². The van der Waals surface area contributed by atoms with Crippen molar-refractivity contribution in [3.8, 4) is 0 Å². The van der Waals surface area contributed by atoms with E-state index in [1.165, 1.54) is 25.7 Å². The van der Waals surface area contributed by atoms with Crippen molar-refractivity contribution in [1.82, 2.24) is 4.98 Å². The Balaban J connectivity index is 1.78. The Morgan fingerprint density at radius 1 is 1.25 bits per heavy atom. The molecule has 3 N–H and O–H groups in total. The van der Waals surface area contributed by atoms with Crippen molar-refractivity contribution in [2.24, 2.45) is 11.8 Å². The van der Waals surface area contributed by atoms with Crippen LogP contribution in [0.25, 0.3) is 0 Å². The molecule has 2 fully saturated rings. The number of pyridine rings is 1. The Hall–Kier alpha value is -0.960. The maximum Gasteiger partial charge on any atom is 0.151 e. The zero-order valence-electron chi connectivity index (χ0n) is 9.12. The number of nitrogens with two attached hydrogens (primary N) is 1. The molecular weight excluding hydrogens is 222 g/mol. The van der Waals surface area contributed by atoms with Gasteiger partial charge in [0.25, 0.3) is 0 Å². The second kappa shape index (κ2) is 3.81. The first-order valence-corrected chi connectivity index (χ1v) is 6.30. The van der Waals surface area contributed by atoms with Crippen LogP contribution in [0.3, 0.4) is 0 Å². The molecular formula is C12H16ClN3. The van der Waals surface area contributed by atoms with E-state index in [0.717, 1.165) is 17.7 Å². The van der Waals surface area contributed by atoms with Crippen molar-refractivity contribution < 1.29 is 0 Å². The predicted molar refractivity (Wildman–Crippen MR) is 66.5 cm³/mol. The Morgan fingerprint density at radius 2 is 1.88 bits per heavy atom. The average molecular weight is 238 g/mol. The fourth-order valence-corrected chi connectivity index (χ4v) is 2.40. The van der Waals surface area contributed by atoms with Crippen LogP contribution in [0.5, 0.6) is 0 Å². The maximum atomic E-state index is 5.90. The van der Waals surface area contributed by atoms with Gasteiger partial charge in [-0.25, -0.2) is 4.98 Å². The van der Waals surface area contributed by atoms with Crippen molar-refractivity contribution in [3.05, 3.63) is 17.3 Å². The zero-order chi connectivity index (χ0) is 11.1. The highest BCUT2D eigenvalue weighted by Gasteiger charge is 2.41. The number of anilines is 2. The molecule has 0 spiro atoms. The summed E-state index contributed by atoms with van der Waals surface area (Å²) >= 11 is 5.88. The van der Waals surface area contributed by atoms with E-state index in [9.17, 15) is 0 Å². The highest BCUT2D eigenvalue weighted by Crippen LogP contribution is 2.46. The van der Waals surface area contributed by atoms with Crippen LogP contribution in [-0.2, 0) is 0 Å². The minimum atomic E-state index is 0.502. The number of nitrogens with zero attached hydrogens (tertiary/aromatic N) is 1. The fourth-order valence-electron chi connectivity index (χ4n) is 2.25. The summed E-state index contributed by atoms with van der Waals surface area (Å²) in [4.78, 5) is 4.26. The molecule has 0 bridgehead atoms. The van der Waals surface area contributed by atoms with Gasteiger partial charge in [0.1, 0.15) is 5.15 Å².